The molecule has 11 aromatic carbocycles. The molecule has 0 saturated heterocycles. The molecular formula is C70H47NS2. The Kier molecular flexibility index (Phi) is 11.7. The number of para-hydroxylation sites is 1. The lowest BCUT2D eigenvalue weighted by Crippen LogP contribution is -2.09. The van der Waals surface area contributed by atoms with Gasteiger partial charge >= 0.3 is 0 Å². The first-order valence-electron chi connectivity index (χ1n) is 24.8. The van der Waals surface area contributed by atoms with Crippen molar-refractivity contribution in [2.75, 3.05) is 4.90 Å². The van der Waals surface area contributed by atoms with Crippen molar-refractivity contribution in [2.24, 2.45) is 0 Å². The van der Waals surface area contributed by atoms with Gasteiger partial charge in [0.05, 0.1) is 0 Å². The summed E-state index contributed by atoms with van der Waals surface area (Å²) in [5, 5.41) is 4.90. The molecule has 3 heteroatoms. The monoisotopic (exact) mass is 965 g/mol. The summed E-state index contributed by atoms with van der Waals surface area (Å²) in [6.45, 7) is 0. The molecule has 0 radical (unpaired) electrons. The van der Waals surface area contributed by atoms with Crippen LogP contribution in [0.1, 0.15) is 0 Å². The predicted molar refractivity (Wildman–Crippen MR) is 315 cm³/mol. The Labute approximate surface area is 434 Å². The van der Waals surface area contributed by atoms with Crippen LogP contribution in [0, 0.1) is 0 Å². The second-order valence-electron chi connectivity index (χ2n) is 18.4. The van der Waals surface area contributed by atoms with Gasteiger partial charge in [-0.3, -0.25) is 0 Å². The summed E-state index contributed by atoms with van der Waals surface area (Å²) in [7, 11) is 0. The van der Waals surface area contributed by atoms with Gasteiger partial charge in [-0.15, -0.1) is 22.7 Å². The number of hydrogen-bond donors (Lipinski definition) is 0. The van der Waals surface area contributed by atoms with Crippen LogP contribution in [0.3, 0.4) is 0 Å². The first kappa shape index (κ1) is 44.1. The lowest BCUT2D eigenvalue weighted by Gasteiger charge is -2.26. The summed E-state index contributed by atoms with van der Waals surface area (Å²) >= 11 is 3.69. The highest BCUT2D eigenvalue weighted by atomic mass is 32.1. The fourth-order valence-corrected chi connectivity index (χ4v) is 12.4. The molecule has 0 aliphatic rings. The third-order valence-corrected chi connectivity index (χ3v) is 16.3. The van der Waals surface area contributed by atoms with E-state index in [0.717, 1.165) is 28.2 Å². The maximum Gasteiger partial charge on any atom is 0.0467 e. The largest absolute Gasteiger partial charge is 0.310 e. The summed E-state index contributed by atoms with van der Waals surface area (Å²) in [5.41, 5.74) is 17.8. The number of thiophene rings is 2. The Morgan fingerprint density at radius 3 is 1.11 bits per heavy atom. The topological polar surface area (TPSA) is 3.24 Å². The molecule has 0 saturated carbocycles. The minimum Gasteiger partial charge on any atom is -0.310 e. The highest BCUT2D eigenvalue weighted by Gasteiger charge is 2.20. The highest BCUT2D eigenvalue weighted by Crippen LogP contribution is 2.48. The Morgan fingerprint density at radius 1 is 0.192 bits per heavy atom. The second kappa shape index (κ2) is 19.4. The Morgan fingerprint density at radius 2 is 0.548 bits per heavy atom. The molecule has 2 heterocycles. The predicted octanol–water partition coefficient (Wildman–Crippen LogP) is 20.9. The molecule has 0 atom stereocenters. The van der Waals surface area contributed by atoms with Crippen molar-refractivity contribution in [3.05, 3.63) is 285 Å². The summed E-state index contributed by atoms with van der Waals surface area (Å²) in [6.07, 6.45) is 0. The SMILES string of the molecule is c1ccc(-c2ccc(N(c3ccccc3)c3cccc(-c4ccc5c(-c6cccc(-c7ccc(-c8ccccc8)s7)c6)c6ccccc6c(-c6cccc(-c7ccc(-c8ccccc8)s7)c6)c5c4)c3)cc2)cc1. The first-order chi connectivity index (χ1) is 36.2. The molecule has 13 aromatic rings. The van der Waals surface area contributed by atoms with Gasteiger partial charge in [-0.25, -0.2) is 0 Å². The second-order valence-corrected chi connectivity index (χ2v) is 20.6. The van der Waals surface area contributed by atoms with Crippen LogP contribution in [0.25, 0.3) is 108 Å². The number of anilines is 3. The quantitative estimate of drug-likeness (QED) is 0.117. The van der Waals surface area contributed by atoms with E-state index >= 15 is 0 Å². The molecule has 73 heavy (non-hydrogen) atoms. The average Bonchev–Trinajstić information content (AvgIpc) is 4.18. The van der Waals surface area contributed by atoms with E-state index in [1.165, 1.54) is 96.7 Å². The smallest absolute Gasteiger partial charge is 0.0467 e. The van der Waals surface area contributed by atoms with E-state index in [1.54, 1.807) is 0 Å². The highest BCUT2D eigenvalue weighted by molar-refractivity contribution is 7.19. The molecule has 1 nitrogen and oxygen atoms in total. The standard InChI is InChI=1S/C70H47NS2/c1-5-18-48(19-6-1)49-34-37-59(38-35-49)71(58-29-11-4-12-30-58)60-31-17-24-52(46-60)53-36-39-63-64(47-53)70(57-28-16-26-55(45-57)68-43-41-66(73-68)51-22-9-3-10-23-51)62-33-14-13-32-61(62)69(63)56-27-15-25-54(44-56)67-42-40-65(72-67)50-20-7-2-8-21-50/h1-47H. The van der Waals surface area contributed by atoms with E-state index in [-0.39, 0.29) is 0 Å². The molecule has 0 spiro atoms. The number of fused-ring (bicyclic) bond motifs is 2. The van der Waals surface area contributed by atoms with Gasteiger partial charge in [0.15, 0.2) is 0 Å². The Hall–Kier alpha value is -8.86. The number of hydrogen-bond acceptors (Lipinski definition) is 3. The average molecular weight is 966 g/mol. The molecule has 0 aliphatic heterocycles. The maximum atomic E-state index is 2.45. The number of rotatable bonds is 11. The van der Waals surface area contributed by atoms with Gasteiger partial charge in [0.25, 0.3) is 0 Å². The van der Waals surface area contributed by atoms with E-state index < -0.39 is 0 Å². The first-order valence-corrected chi connectivity index (χ1v) is 26.4. The number of benzene rings is 11. The van der Waals surface area contributed by atoms with Crippen LogP contribution in [-0.4, -0.2) is 0 Å². The van der Waals surface area contributed by atoms with Gasteiger partial charge in [-0.05, 0) is 167 Å². The van der Waals surface area contributed by atoms with Crippen LogP contribution in [0.5, 0.6) is 0 Å². The van der Waals surface area contributed by atoms with Gasteiger partial charge in [0.2, 0.25) is 0 Å². The van der Waals surface area contributed by atoms with Crippen LogP contribution in [0.2, 0.25) is 0 Å². The van der Waals surface area contributed by atoms with Crippen molar-refractivity contribution in [3.63, 3.8) is 0 Å². The Bertz CT molecular complexity index is 4060. The molecule has 0 amide bonds. The van der Waals surface area contributed by atoms with Crippen LogP contribution in [-0.2, 0) is 0 Å². The van der Waals surface area contributed by atoms with Gasteiger partial charge < -0.3 is 4.90 Å². The lowest BCUT2D eigenvalue weighted by molar-refractivity contribution is 1.28. The molecule has 0 bridgehead atoms. The van der Waals surface area contributed by atoms with Crippen LogP contribution in [0.15, 0.2) is 285 Å². The van der Waals surface area contributed by atoms with Crippen LogP contribution >= 0.6 is 22.7 Å². The fraction of sp³-hybridized carbons (Fsp3) is 0. The summed E-state index contributed by atoms with van der Waals surface area (Å²) in [6, 6.07) is 104. The summed E-state index contributed by atoms with van der Waals surface area (Å²) in [4.78, 5) is 7.41. The fourth-order valence-electron chi connectivity index (χ4n) is 10.4. The zero-order chi connectivity index (χ0) is 48.5. The molecule has 0 N–H and O–H groups in total. The Balaban J connectivity index is 0.978. The van der Waals surface area contributed by atoms with Gasteiger partial charge in [0.1, 0.15) is 0 Å². The van der Waals surface area contributed by atoms with E-state index in [4.69, 9.17) is 0 Å². The molecule has 2 aromatic heterocycles. The van der Waals surface area contributed by atoms with Crippen molar-refractivity contribution >= 4 is 61.3 Å². The third kappa shape index (κ3) is 8.65. The van der Waals surface area contributed by atoms with Crippen molar-refractivity contribution in [1.29, 1.82) is 0 Å². The minimum absolute atomic E-state index is 1.09. The zero-order valence-electron chi connectivity index (χ0n) is 39.9. The molecule has 0 aliphatic carbocycles. The molecule has 13 rings (SSSR count). The lowest BCUT2D eigenvalue weighted by atomic mass is 9.84. The van der Waals surface area contributed by atoms with Crippen molar-refractivity contribution in [2.45, 2.75) is 0 Å². The normalized spacial score (nSPS) is 11.3. The number of nitrogens with zero attached hydrogens (tertiary/aromatic N) is 1. The van der Waals surface area contributed by atoms with Crippen molar-refractivity contribution < 1.29 is 0 Å². The summed E-state index contributed by atoms with van der Waals surface area (Å²) < 4.78 is 0. The van der Waals surface area contributed by atoms with Crippen molar-refractivity contribution in [1.82, 2.24) is 0 Å². The molecular weight excluding hydrogens is 919 g/mol. The third-order valence-electron chi connectivity index (χ3n) is 13.9. The van der Waals surface area contributed by atoms with E-state index in [9.17, 15) is 0 Å². The summed E-state index contributed by atoms with van der Waals surface area (Å²) in [5.74, 6) is 0. The van der Waals surface area contributed by atoms with Crippen molar-refractivity contribution in [3.8, 4) is 86.3 Å². The zero-order valence-corrected chi connectivity index (χ0v) is 41.5. The van der Waals surface area contributed by atoms with E-state index in [0.29, 0.717) is 0 Å². The van der Waals surface area contributed by atoms with E-state index in [1.807, 2.05) is 22.7 Å². The van der Waals surface area contributed by atoms with E-state index in [2.05, 4.69) is 290 Å². The van der Waals surface area contributed by atoms with Gasteiger partial charge in [-0.1, -0.05) is 206 Å². The van der Waals surface area contributed by atoms with Crippen LogP contribution < -0.4 is 4.90 Å². The molecule has 0 fully saturated rings. The molecule has 344 valence electrons. The maximum absolute atomic E-state index is 2.45. The van der Waals surface area contributed by atoms with Gasteiger partial charge in [0, 0.05) is 36.6 Å². The molecule has 0 unspecified atom stereocenters. The van der Waals surface area contributed by atoms with Crippen LogP contribution in [0.4, 0.5) is 17.1 Å². The minimum atomic E-state index is 1.09. The van der Waals surface area contributed by atoms with Gasteiger partial charge in [-0.2, -0.15) is 0 Å².